The molecule has 7 nitrogen and oxygen atoms in total. The van der Waals surface area contributed by atoms with Crippen molar-refractivity contribution in [2.75, 3.05) is 7.11 Å². The third kappa shape index (κ3) is 4.13. The van der Waals surface area contributed by atoms with Crippen LogP contribution in [-0.2, 0) is 4.79 Å². The summed E-state index contributed by atoms with van der Waals surface area (Å²) in [5.74, 6) is 1.94. The summed E-state index contributed by atoms with van der Waals surface area (Å²) in [6, 6.07) is 6.72. The van der Waals surface area contributed by atoms with Crippen LogP contribution in [0.4, 0.5) is 0 Å². The van der Waals surface area contributed by atoms with E-state index in [2.05, 4.69) is 15.5 Å². The fourth-order valence-electron chi connectivity index (χ4n) is 2.57. The number of nitrogens with one attached hydrogen (secondary N) is 1. The van der Waals surface area contributed by atoms with Crippen molar-refractivity contribution in [1.82, 2.24) is 15.5 Å². The van der Waals surface area contributed by atoms with Gasteiger partial charge in [0.25, 0.3) is 5.19 Å². The van der Waals surface area contributed by atoms with E-state index in [1.54, 1.807) is 37.6 Å². The molecule has 4 rings (SSSR count). The number of benzene rings is 1. The number of halogens is 1. The lowest BCUT2D eigenvalue weighted by atomic mass is 10.2. The lowest BCUT2D eigenvalue weighted by Gasteiger charge is -2.09. The van der Waals surface area contributed by atoms with Crippen LogP contribution in [0.25, 0.3) is 10.6 Å². The van der Waals surface area contributed by atoms with E-state index in [0.29, 0.717) is 33.2 Å². The molecule has 1 aliphatic carbocycles. The zero-order chi connectivity index (χ0) is 19.7. The van der Waals surface area contributed by atoms with Gasteiger partial charge in [0.05, 0.1) is 29.2 Å². The number of carbonyl (C=O) groups is 1. The van der Waals surface area contributed by atoms with Gasteiger partial charge >= 0.3 is 0 Å². The van der Waals surface area contributed by atoms with Crippen molar-refractivity contribution in [3.05, 3.63) is 41.2 Å². The molecule has 1 fully saturated rings. The summed E-state index contributed by atoms with van der Waals surface area (Å²) >= 11 is 7.52. The van der Waals surface area contributed by atoms with Gasteiger partial charge in [0.2, 0.25) is 5.91 Å². The highest BCUT2D eigenvalue weighted by molar-refractivity contribution is 7.16. The molecule has 1 atom stereocenters. The molecule has 9 heteroatoms. The van der Waals surface area contributed by atoms with Gasteiger partial charge < -0.3 is 19.3 Å². The maximum absolute atomic E-state index is 11.9. The van der Waals surface area contributed by atoms with E-state index < -0.39 is 0 Å². The molecule has 1 aliphatic rings. The molecule has 2 aromatic heterocycles. The predicted octanol–water partition coefficient (Wildman–Crippen LogP) is 4.84. The number of carbonyl (C=O) groups excluding carboxylic acids is 1. The maximum atomic E-state index is 11.9. The van der Waals surface area contributed by atoms with Crippen molar-refractivity contribution in [3.63, 3.8) is 0 Å². The molecular formula is C19H18ClN3O4S. The lowest BCUT2D eigenvalue weighted by Crippen LogP contribution is -2.27. The molecule has 0 bridgehead atoms. The molecule has 0 saturated heterocycles. The number of ether oxygens (including phenoxy) is 2. The summed E-state index contributed by atoms with van der Waals surface area (Å²) < 4.78 is 16.3. The van der Waals surface area contributed by atoms with Crippen molar-refractivity contribution < 1.29 is 18.8 Å². The SMILES string of the molecule is COc1ccc(Oc2ncc(-c3cc(C(C)NC(=O)C4CC4)on3)s2)c(Cl)c1. The Hall–Kier alpha value is -2.58. The van der Waals surface area contributed by atoms with Crippen LogP contribution in [0.3, 0.4) is 0 Å². The first-order valence-electron chi connectivity index (χ1n) is 8.78. The summed E-state index contributed by atoms with van der Waals surface area (Å²) in [6.45, 7) is 1.87. The summed E-state index contributed by atoms with van der Waals surface area (Å²) in [5.41, 5.74) is 0.635. The average Bonchev–Trinajstić information content (AvgIpc) is 3.24. The normalized spacial score (nSPS) is 14.5. The minimum atomic E-state index is -0.240. The molecule has 3 aromatic rings. The maximum Gasteiger partial charge on any atom is 0.279 e. The number of methoxy groups -OCH3 is 1. The monoisotopic (exact) mass is 419 g/mol. The van der Waals surface area contributed by atoms with Crippen LogP contribution >= 0.6 is 22.9 Å². The Kier molecular flexibility index (Phi) is 5.23. The molecule has 1 aromatic carbocycles. The molecule has 0 spiro atoms. The summed E-state index contributed by atoms with van der Waals surface area (Å²) in [6.07, 6.45) is 3.58. The predicted molar refractivity (Wildman–Crippen MR) is 105 cm³/mol. The van der Waals surface area contributed by atoms with E-state index in [1.807, 2.05) is 6.92 Å². The van der Waals surface area contributed by atoms with Gasteiger partial charge in [-0.2, -0.15) is 0 Å². The van der Waals surface area contributed by atoms with Crippen molar-refractivity contribution >= 4 is 28.8 Å². The number of amides is 1. The Labute approximate surface area is 170 Å². The minimum absolute atomic E-state index is 0.0651. The molecule has 0 radical (unpaired) electrons. The highest BCUT2D eigenvalue weighted by Gasteiger charge is 2.31. The van der Waals surface area contributed by atoms with Gasteiger partial charge in [-0.1, -0.05) is 28.1 Å². The van der Waals surface area contributed by atoms with E-state index in [0.717, 1.165) is 17.7 Å². The Morgan fingerprint density at radius 2 is 2.21 bits per heavy atom. The summed E-state index contributed by atoms with van der Waals surface area (Å²) in [5, 5.41) is 7.89. The van der Waals surface area contributed by atoms with Gasteiger partial charge in [-0.15, -0.1) is 0 Å². The van der Waals surface area contributed by atoms with E-state index in [-0.39, 0.29) is 17.9 Å². The van der Waals surface area contributed by atoms with Crippen LogP contribution in [0.5, 0.6) is 16.7 Å². The third-order valence-electron chi connectivity index (χ3n) is 4.34. The van der Waals surface area contributed by atoms with Gasteiger partial charge in [0.15, 0.2) is 5.76 Å². The second kappa shape index (κ2) is 7.81. The van der Waals surface area contributed by atoms with Gasteiger partial charge in [-0.3, -0.25) is 4.79 Å². The molecule has 0 aliphatic heterocycles. The molecule has 2 heterocycles. The summed E-state index contributed by atoms with van der Waals surface area (Å²) in [7, 11) is 1.57. The third-order valence-corrected chi connectivity index (χ3v) is 5.53. The second-order valence-electron chi connectivity index (χ2n) is 6.51. The molecular weight excluding hydrogens is 402 g/mol. The molecule has 28 heavy (non-hydrogen) atoms. The largest absolute Gasteiger partial charge is 0.497 e. The molecule has 1 amide bonds. The fraction of sp³-hybridized carbons (Fsp3) is 0.316. The van der Waals surface area contributed by atoms with Crippen LogP contribution in [0.2, 0.25) is 5.02 Å². The highest BCUT2D eigenvalue weighted by Crippen LogP contribution is 2.37. The molecule has 146 valence electrons. The summed E-state index contributed by atoms with van der Waals surface area (Å²) in [4.78, 5) is 16.9. The highest BCUT2D eigenvalue weighted by atomic mass is 35.5. The van der Waals surface area contributed by atoms with Gasteiger partial charge in [0, 0.05) is 18.1 Å². The van der Waals surface area contributed by atoms with E-state index in [4.69, 9.17) is 25.6 Å². The van der Waals surface area contributed by atoms with E-state index >= 15 is 0 Å². The zero-order valence-corrected chi connectivity index (χ0v) is 16.8. The fourth-order valence-corrected chi connectivity index (χ4v) is 3.51. The van der Waals surface area contributed by atoms with Crippen LogP contribution in [-0.4, -0.2) is 23.2 Å². The zero-order valence-electron chi connectivity index (χ0n) is 15.3. The topological polar surface area (TPSA) is 86.5 Å². The Balaban J connectivity index is 1.44. The molecule has 1 saturated carbocycles. The van der Waals surface area contributed by atoms with E-state index in [9.17, 15) is 4.79 Å². The van der Waals surface area contributed by atoms with Crippen LogP contribution in [0, 0.1) is 5.92 Å². The van der Waals surface area contributed by atoms with Gasteiger partial charge in [-0.05, 0) is 31.9 Å². The lowest BCUT2D eigenvalue weighted by molar-refractivity contribution is -0.123. The number of thiazole rings is 1. The standard InChI is InChI=1S/C19H18ClN3O4S/c1-10(22-18(24)11-3-4-11)16-8-14(23-27-16)17-9-21-19(28-17)26-15-6-5-12(25-2)7-13(15)20/h5-11H,3-4H2,1-2H3,(H,22,24). The molecule has 1 N–H and O–H groups in total. The first kappa shape index (κ1) is 18.8. The Morgan fingerprint density at radius 3 is 2.93 bits per heavy atom. The number of nitrogens with zero attached hydrogens (tertiary/aromatic N) is 2. The van der Waals surface area contributed by atoms with Crippen LogP contribution in [0.15, 0.2) is 35.0 Å². The molecule has 1 unspecified atom stereocenters. The first-order valence-corrected chi connectivity index (χ1v) is 9.97. The smallest absolute Gasteiger partial charge is 0.279 e. The average molecular weight is 420 g/mol. The number of rotatable bonds is 7. The van der Waals surface area contributed by atoms with Crippen molar-refractivity contribution in [1.29, 1.82) is 0 Å². The van der Waals surface area contributed by atoms with Gasteiger partial charge in [0.1, 0.15) is 17.2 Å². The Bertz CT molecular complexity index is 999. The minimum Gasteiger partial charge on any atom is -0.497 e. The van der Waals surface area contributed by atoms with E-state index in [1.165, 1.54) is 11.3 Å². The van der Waals surface area contributed by atoms with Crippen molar-refractivity contribution in [2.24, 2.45) is 5.92 Å². The number of aromatic nitrogens is 2. The van der Waals surface area contributed by atoms with Crippen LogP contribution < -0.4 is 14.8 Å². The quantitative estimate of drug-likeness (QED) is 0.589. The number of hydrogen-bond donors (Lipinski definition) is 1. The Morgan fingerprint density at radius 1 is 1.39 bits per heavy atom. The van der Waals surface area contributed by atoms with Crippen molar-refractivity contribution in [3.8, 4) is 27.3 Å². The van der Waals surface area contributed by atoms with Crippen molar-refractivity contribution in [2.45, 2.75) is 25.8 Å². The first-order chi connectivity index (χ1) is 13.5. The number of hydrogen-bond acceptors (Lipinski definition) is 7. The van der Waals surface area contributed by atoms with Crippen LogP contribution in [0.1, 0.15) is 31.6 Å². The van der Waals surface area contributed by atoms with Gasteiger partial charge in [-0.25, -0.2) is 4.98 Å². The second-order valence-corrected chi connectivity index (χ2v) is 7.91.